The summed E-state index contributed by atoms with van der Waals surface area (Å²) in [5.41, 5.74) is 2.02. The Morgan fingerprint density at radius 3 is 2.26 bits per heavy atom. The van der Waals surface area contributed by atoms with Crippen LogP contribution in [0.25, 0.3) is 11.3 Å². The number of hydrogen-bond acceptors (Lipinski definition) is 5. The fourth-order valence-corrected chi connectivity index (χ4v) is 3.06. The first-order valence-corrected chi connectivity index (χ1v) is 8.73. The highest BCUT2D eigenvalue weighted by molar-refractivity contribution is 5.95. The van der Waals surface area contributed by atoms with Crippen LogP contribution in [0.15, 0.2) is 65.4 Å². The number of aromatic nitrogens is 2. The molecule has 0 saturated carbocycles. The van der Waals surface area contributed by atoms with Crippen LogP contribution in [0.3, 0.4) is 0 Å². The molecule has 27 heavy (non-hydrogen) atoms. The van der Waals surface area contributed by atoms with E-state index >= 15 is 0 Å². The second kappa shape index (κ2) is 7.41. The Morgan fingerprint density at radius 2 is 1.59 bits per heavy atom. The summed E-state index contributed by atoms with van der Waals surface area (Å²) in [6, 6.07) is 14.4. The number of piperazine rings is 1. The van der Waals surface area contributed by atoms with Crippen LogP contribution < -0.4 is 0 Å². The molecule has 0 unspecified atom stereocenters. The Hall–Kier alpha value is -3.48. The van der Waals surface area contributed by atoms with Gasteiger partial charge < -0.3 is 14.3 Å². The molecule has 3 heterocycles. The van der Waals surface area contributed by atoms with Crippen LogP contribution in [0, 0.1) is 0 Å². The largest absolute Gasteiger partial charge is 0.350 e. The second-order valence-electron chi connectivity index (χ2n) is 6.27. The van der Waals surface area contributed by atoms with Gasteiger partial charge in [-0.05, 0) is 24.3 Å². The molecule has 0 spiro atoms. The van der Waals surface area contributed by atoms with Crippen molar-refractivity contribution >= 4 is 11.8 Å². The molecule has 1 saturated heterocycles. The summed E-state index contributed by atoms with van der Waals surface area (Å²) in [4.78, 5) is 32.6. The Labute approximate surface area is 156 Å². The molecule has 1 aliphatic heterocycles. The standard InChI is InChI=1S/C20H18N4O3/c25-19(15-5-2-1-3-6-15)23-9-11-24(12-10-23)20(26)18-13-17(22-27-18)16-7-4-8-21-14-16/h1-8,13-14H,9-12H2. The summed E-state index contributed by atoms with van der Waals surface area (Å²) < 4.78 is 5.23. The van der Waals surface area contributed by atoms with Crippen molar-refractivity contribution in [3.8, 4) is 11.3 Å². The van der Waals surface area contributed by atoms with Crippen LogP contribution in [0.5, 0.6) is 0 Å². The maximum atomic E-state index is 12.7. The van der Waals surface area contributed by atoms with E-state index in [1.165, 1.54) is 0 Å². The van der Waals surface area contributed by atoms with Crippen molar-refractivity contribution in [3.63, 3.8) is 0 Å². The molecule has 1 aliphatic rings. The van der Waals surface area contributed by atoms with Gasteiger partial charge in [0.2, 0.25) is 5.76 Å². The topological polar surface area (TPSA) is 79.5 Å². The molecule has 2 aromatic heterocycles. The van der Waals surface area contributed by atoms with Crippen molar-refractivity contribution in [1.82, 2.24) is 19.9 Å². The average molecular weight is 362 g/mol. The predicted molar refractivity (Wildman–Crippen MR) is 98.0 cm³/mol. The van der Waals surface area contributed by atoms with Gasteiger partial charge in [-0.2, -0.15) is 0 Å². The van der Waals surface area contributed by atoms with Gasteiger partial charge in [0.1, 0.15) is 5.69 Å². The van der Waals surface area contributed by atoms with E-state index in [9.17, 15) is 9.59 Å². The number of benzene rings is 1. The lowest BCUT2D eigenvalue weighted by Crippen LogP contribution is -2.50. The smallest absolute Gasteiger partial charge is 0.292 e. The van der Waals surface area contributed by atoms with E-state index in [1.807, 2.05) is 24.3 Å². The van der Waals surface area contributed by atoms with E-state index in [-0.39, 0.29) is 17.6 Å². The molecule has 0 atom stereocenters. The summed E-state index contributed by atoms with van der Waals surface area (Å²) in [6.45, 7) is 1.90. The van der Waals surface area contributed by atoms with Crippen LogP contribution in [0.4, 0.5) is 0 Å². The molecule has 0 aliphatic carbocycles. The molecule has 3 aromatic rings. The average Bonchev–Trinajstić information content (AvgIpc) is 3.24. The van der Waals surface area contributed by atoms with Crippen LogP contribution >= 0.6 is 0 Å². The number of nitrogens with zero attached hydrogens (tertiary/aromatic N) is 4. The summed E-state index contributed by atoms with van der Waals surface area (Å²) >= 11 is 0. The van der Waals surface area contributed by atoms with Gasteiger partial charge in [0, 0.05) is 55.8 Å². The van der Waals surface area contributed by atoms with Gasteiger partial charge in [-0.15, -0.1) is 0 Å². The third-order valence-electron chi connectivity index (χ3n) is 4.55. The van der Waals surface area contributed by atoms with Gasteiger partial charge in [0.25, 0.3) is 11.8 Å². The molecular weight excluding hydrogens is 344 g/mol. The van der Waals surface area contributed by atoms with E-state index in [1.54, 1.807) is 46.5 Å². The minimum absolute atomic E-state index is 0.0128. The van der Waals surface area contributed by atoms with Crippen molar-refractivity contribution in [1.29, 1.82) is 0 Å². The first kappa shape index (κ1) is 17.0. The Kier molecular flexibility index (Phi) is 4.65. The summed E-state index contributed by atoms with van der Waals surface area (Å²) in [5.74, 6) is -0.0395. The molecule has 0 bridgehead atoms. The number of hydrogen-bond donors (Lipinski definition) is 0. The van der Waals surface area contributed by atoms with Crippen LogP contribution in [0.2, 0.25) is 0 Å². The quantitative estimate of drug-likeness (QED) is 0.714. The van der Waals surface area contributed by atoms with Crippen molar-refractivity contribution in [3.05, 3.63) is 72.2 Å². The van der Waals surface area contributed by atoms with E-state index in [4.69, 9.17) is 4.52 Å². The van der Waals surface area contributed by atoms with Gasteiger partial charge >= 0.3 is 0 Å². The number of carbonyl (C=O) groups is 2. The normalized spacial score (nSPS) is 14.2. The lowest BCUT2D eigenvalue weighted by Gasteiger charge is -2.34. The maximum absolute atomic E-state index is 12.7. The van der Waals surface area contributed by atoms with Crippen LogP contribution in [-0.4, -0.2) is 57.9 Å². The minimum Gasteiger partial charge on any atom is -0.350 e. The minimum atomic E-state index is -0.218. The van der Waals surface area contributed by atoms with Crippen LogP contribution in [0.1, 0.15) is 20.9 Å². The zero-order valence-corrected chi connectivity index (χ0v) is 14.6. The Bertz CT molecular complexity index is 932. The number of pyridine rings is 1. The van der Waals surface area contributed by atoms with E-state index in [0.29, 0.717) is 37.4 Å². The molecule has 1 aromatic carbocycles. The fourth-order valence-electron chi connectivity index (χ4n) is 3.06. The molecule has 1 fully saturated rings. The second-order valence-corrected chi connectivity index (χ2v) is 6.27. The maximum Gasteiger partial charge on any atom is 0.292 e. The summed E-state index contributed by atoms with van der Waals surface area (Å²) in [6.07, 6.45) is 3.34. The molecule has 4 rings (SSSR count). The summed E-state index contributed by atoms with van der Waals surface area (Å²) in [5, 5.41) is 3.96. The zero-order chi connectivity index (χ0) is 18.6. The monoisotopic (exact) mass is 362 g/mol. The molecule has 7 nitrogen and oxygen atoms in total. The molecule has 7 heteroatoms. The highest BCUT2D eigenvalue weighted by Crippen LogP contribution is 2.19. The van der Waals surface area contributed by atoms with E-state index in [0.717, 1.165) is 5.56 Å². The SMILES string of the molecule is O=C(c1ccccc1)N1CCN(C(=O)c2cc(-c3cccnc3)no2)CC1. The number of rotatable bonds is 3. The molecule has 0 N–H and O–H groups in total. The lowest BCUT2D eigenvalue weighted by atomic mass is 10.1. The zero-order valence-electron chi connectivity index (χ0n) is 14.6. The summed E-state index contributed by atoms with van der Waals surface area (Å²) in [7, 11) is 0. The Balaban J connectivity index is 1.39. The fraction of sp³-hybridized carbons (Fsp3) is 0.200. The van der Waals surface area contributed by atoms with Gasteiger partial charge in [-0.1, -0.05) is 23.4 Å². The first-order valence-electron chi connectivity index (χ1n) is 8.73. The first-order chi connectivity index (χ1) is 13.2. The van der Waals surface area contributed by atoms with Gasteiger partial charge in [0.15, 0.2) is 0 Å². The molecule has 136 valence electrons. The number of amides is 2. The molecule has 0 radical (unpaired) electrons. The number of carbonyl (C=O) groups excluding carboxylic acids is 2. The predicted octanol–water partition coefficient (Wildman–Crippen LogP) is 2.33. The van der Waals surface area contributed by atoms with Crippen LogP contribution in [-0.2, 0) is 0 Å². The third-order valence-corrected chi connectivity index (χ3v) is 4.55. The van der Waals surface area contributed by atoms with Crippen molar-refractivity contribution in [2.75, 3.05) is 26.2 Å². The van der Waals surface area contributed by atoms with Crippen molar-refractivity contribution in [2.45, 2.75) is 0 Å². The lowest BCUT2D eigenvalue weighted by molar-refractivity contribution is 0.0513. The van der Waals surface area contributed by atoms with Crippen molar-refractivity contribution < 1.29 is 14.1 Å². The van der Waals surface area contributed by atoms with E-state index in [2.05, 4.69) is 10.1 Å². The highest BCUT2D eigenvalue weighted by Gasteiger charge is 2.27. The van der Waals surface area contributed by atoms with E-state index < -0.39 is 0 Å². The third kappa shape index (κ3) is 3.57. The van der Waals surface area contributed by atoms with Gasteiger partial charge in [-0.25, -0.2) is 0 Å². The van der Waals surface area contributed by atoms with Gasteiger partial charge in [0.05, 0.1) is 0 Å². The van der Waals surface area contributed by atoms with Gasteiger partial charge in [-0.3, -0.25) is 14.6 Å². The Morgan fingerprint density at radius 1 is 0.889 bits per heavy atom. The highest BCUT2D eigenvalue weighted by atomic mass is 16.5. The molecule has 2 amide bonds. The van der Waals surface area contributed by atoms with Crippen molar-refractivity contribution in [2.24, 2.45) is 0 Å². The molecular formula is C20H18N4O3.